The summed E-state index contributed by atoms with van der Waals surface area (Å²) in [7, 11) is 4.33. The Balaban J connectivity index is 1.67. The zero-order chi connectivity index (χ0) is 30.7. The molecule has 11 heteroatoms. The smallest absolute Gasteiger partial charge is 0.328 e. The molecule has 0 saturated heterocycles. The lowest BCUT2D eigenvalue weighted by molar-refractivity contribution is -0.142. The molecule has 42 heavy (non-hydrogen) atoms. The molecule has 4 rings (SSSR count). The van der Waals surface area contributed by atoms with Crippen LogP contribution in [0.4, 0.5) is 14.5 Å². The minimum Gasteiger partial charge on any atom is -0.496 e. The molecule has 0 bridgehead atoms. The number of hydrogen-bond donors (Lipinski definition) is 2. The van der Waals surface area contributed by atoms with Gasteiger partial charge in [-0.3, -0.25) is 9.59 Å². The Bertz CT molecular complexity index is 1560. The third-order valence-corrected chi connectivity index (χ3v) is 7.65. The van der Waals surface area contributed by atoms with E-state index < -0.39 is 35.1 Å². The number of aryl methyl sites for hydroxylation is 1. The van der Waals surface area contributed by atoms with Crippen LogP contribution < -0.4 is 20.9 Å². The molecular weight excluding hydrogens is 548 g/mol. The SMILES string of the molecule is CC[C@H](C)Nc1cc(F)c(C(=O)N[C@@H](Cc2ccc(-c3c(OC)cc(C)n(C)c3=O)c3c2COC3)C(=O)OC)c(F)c1. The van der Waals surface area contributed by atoms with Crippen molar-refractivity contribution in [3.63, 3.8) is 0 Å². The first kappa shape index (κ1) is 30.7. The first-order valence-electron chi connectivity index (χ1n) is 13.6. The first-order chi connectivity index (χ1) is 20.0. The number of methoxy groups -OCH3 is 2. The lowest BCUT2D eigenvalue weighted by atomic mass is 9.91. The summed E-state index contributed by atoms with van der Waals surface area (Å²) in [6.45, 7) is 6.03. The highest BCUT2D eigenvalue weighted by molar-refractivity contribution is 5.97. The Kier molecular flexibility index (Phi) is 9.30. The molecule has 1 aliphatic heterocycles. The van der Waals surface area contributed by atoms with E-state index in [-0.39, 0.29) is 36.9 Å². The van der Waals surface area contributed by atoms with Crippen molar-refractivity contribution in [2.45, 2.75) is 58.9 Å². The molecule has 9 nitrogen and oxygen atoms in total. The number of nitrogens with zero attached hydrogens (tertiary/aromatic N) is 1. The highest BCUT2D eigenvalue weighted by Crippen LogP contribution is 2.37. The number of rotatable bonds is 10. The second kappa shape index (κ2) is 12.7. The maximum atomic E-state index is 14.9. The van der Waals surface area contributed by atoms with Gasteiger partial charge in [0.15, 0.2) is 0 Å². The van der Waals surface area contributed by atoms with Crippen molar-refractivity contribution in [3.05, 3.63) is 80.3 Å². The molecule has 2 heterocycles. The fourth-order valence-corrected chi connectivity index (χ4v) is 5.01. The Morgan fingerprint density at radius 3 is 2.38 bits per heavy atom. The van der Waals surface area contributed by atoms with Crippen LogP contribution in [0, 0.1) is 18.6 Å². The number of carbonyl (C=O) groups is 2. The number of benzene rings is 2. The number of halogens is 2. The number of anilines is 1. The number of pyridine rings is 1. The second-order valence-electron chi connectivity index (χ2n) is 10.3. The lowest BCUT2D eigenvalue weighted by Crippen LogP contribution is -2.43. The zero-order valence-corrected chi connectivity index (χ0v) is 24.5. The standard InChI is InChI=1S/C31H35F2N3O6/c1-7-16(2)34-19-12-23(32)28(24(33)13-19)29(37)35-25(31(39)41-6)11-18-8-9-20(22-15-42-14-21(18)22)27-26(40-5)10-17(3)36(4)30(27)38/h8-10,12-13,16,25,34H,7,11,14-15H2,1-6H3,(H,35,37)/t16-,25-/m0/s1. The number of amides is 1. The van der Waals surface area contributed by atoms with E-state index in [1.165, 1.54) is 11.7 Å². The fourth-order valence-electron chi connectivity index (χ4n) is 5.01. The summed E-state index contributed by atoms with van der Waals surface area (Å²) in [6.07, 6.45) is 0.696. The molecule has 1 amide bonds. The topological polar surface area (TPSA) is 108 Å². The largest absolute Gasteiger partial charge is 0.496 e. The van der Waals surface area contributed by atoms with Gasteiger partial charge in [-0.1, -0.05) is 19.1 Å². The fraction of sp³-hybridized carbons (Fsp3) is 0.387. The summed E-state index contributed by atoms with van der Waals surface area (Å²) in [5.41, 5.74) is 3.08. The minimum absolute atomic E-state index is 0.0284. The molecule has 2 N–H and O–H groups in total. The molecule has 1 aliphatic rings. The third-order valence-electron chi connectivity index (χ3n) is 7.65. The summed E-state index contributed by atoms with van der Waals surface area (Å²) in [5, 5.41) is 5.41. The van der Waals surface area contributed by atoms with Gasteiger partial charge in [-0.2, -0.15) is 0 Å². The molecular formula is C31H35F2N3O6. The molecule has 0 spiro atoms. The van der Waals surface area contributed by atoms with Crippen molar-refractivity contribution >= 4 is 17.6 Å². The summed E-state index contributed by atoms with van der Waals surface area (Å²) in [4.78, 5) is 39.0. The normalized spacial score (nSPS) is 13.7. The van der Waals surface area contributed by atoms with Crippen LogP contribution in [-0.2, 0) is 41.0 Å². The number of nitrogens with one attached hydrogen (secondary N) is 2. The van der Waals surface area contributed by atoms with E-state index in [1.54, 1.807) is 25.2 Å². The molecule has 0 unspecified atom stereocenters. The number of aromatic nitrogens is 1. The van der Waals surface area contributed by atoms with Crippen molar-refractivity contribution in [1.29, 1.82) is 0 Å². The molecule has 0 radical (unpaired) electrons. The van der Waals surface area contributed by atoms with Crippen molar-refractivity contribution in [1.82, 2.24) is 9.88 Å². The number of carbonyl (C=O) groups excluding carboxylic acids is 2. The monoisotopic (exact) mass is 583 g/mol. The van der Waals surface area contributed by atoms with Crippen LogP contribution in [0.2, 0.25) is 0 Å². The molecule has 0 fully saturated rings. The Morgan fingerprint density at radius 1 is 1.10 bits per heavy atom. The van der Waals surface area contributed by atoms with Gasteiger partial charge in [0.2, 0.25) is 0 Å². The van der Waals surface area contributed by atoms with Gasteiger partial charge in [0.25, 0.3) is 11.5 Å². The average Bonchev–Trinajstić information content (AvgIpc) is 3.45. The van der Waals surface area contributed by atoms with Gasteiger partial charge in [-0.05, 0) is 54.7 Å². The molecule has 2 aromatic carbocycles. The highest BCUT2D eigenvalue weighted by Gasteiger charge is 2.30. The van der Waals surface area contributed by atoms with E-state index in [9.17, 15) is 23.2 Å². The number of hydrogen-bond acceptors (Lipinski definition) is 7. The first-order valence-corrected chi connectivity index (χ1v) is 13.6. The quantitative estimate of drug-likeness (QED) is 0.341. The van der Waals surface area contributed by atoms with Crippen LogP contribution in [0.3, 0.4) is 0 Å². The summed E-state index contributed by atoms with van der Waals surface area (Å²) in [5.74, 6) is -3.58. The predicted octanol–water partition coefficient (Wildman–Crippen LogP) is 4.40. The minimum atomic E-state index is -1.25. The van der Waals surface area contributed by atoms with Gasteiger partial charge < -0.3 is 29.4 Å². The number of ether oxygens (including phenoxy) is 3. The molecule has 2 atom stereocenters. The van der Waals surface area contributed by atoms with Gasteiger partial charge in [-0.25, -0.2) is 13.6 Å². The summed E-state index contributed by atoms with van der Waals surface area (Å²) < 4.78 is 47.5. The van der Waals surface area contributed by atoms with Gasteiger partial charge in [0.05, 0.1) is 33.0 Å². The lowest BCUT2D eigenvalue weighted by Gasteiger charge is -2.20. The summed E-state index contributed by atoms with van der Waals surface area (Å²) in [6, 6.07) is 6.07. The number of esters is 1. The molecule has 0 aliphatic carbocycles. The van der Waals surface area contributed by atoms with Crippen LogP contribution >= 0.6 is 0 Å². The maximum absolute atomic E-state index is 14.9. The predicted molar refractivity (Wildman–Crippen MR) is 154 cm³/mol. The van der Waals surface area contributed by atoms with E-state index in [0.717, 1.165) is 42.5 Å². The zero-order valence-electron chi connectivity index (χ0n) is 24.5. The molecule has 3 aromatic rings. The number of fused-ring (bicyclic) bond motifs is 1. The van der Waals surface area contributed by atoms with Crippen LogP contribution in [-0.4, -0.2) is 42.7 Å². The van der Waals surface area contributed by atoms with E-state index in [1.807, 2.05) is 20.8 Å². The van der Waals surface area contributed by atoms with Gasteiger partial charge in [0.1, 0.15) is 29.0 Å². The van der Waals surface area contributed by atoms with Gasteiger partial charge >= 0.3 is 5.97 Å². The Hall–Kier alpha value is -4.25. The van der Waals surface area contributed by atoms with Gasteiger partial charge in [-0.15, -0.1) is 0 Å². The van der Waals surface area contributed by atoms with Crippen LogP contribution in [0.5, 0.6) is 5.75 Å². The molecule has 1 aromatic heterocycles. The Morgan fingerprint density at radius 2 is 1.76 bits per heavy atom. The van der Waals surface area contributed by atoms with E-state index in [2.05, 4.69) is 10.6 Å². The Labute approximate surface area is 242 Å². The van der Waals surface area contributed by atoms with Gasteiger partial charge in [0, 0.05) is 37.0 Å². The molecule has 0 saturated carbocycles. The van der Waals surface area contributed by atoms with Crippen molar-refractivity contribution in [3.8, 4) is 16.9 Å². The second-order valence-corrected chi connectivity index (χ2v) is 10.3. The van der Waals surface area contributed by atoms with E-state index in [0.29, 0.717) is 22.4 Å². The van der Waals surface area contributed by atoms with Crippen LogP contribution in [0.25, 0.3) is 11.1 Å². The van der Waals surface area contributed by atoms with Crippen molar-refractivity contribution in [2.24, 2.45) is 7.05 Å². The summed E-state index contributed by atoms with van der Waals surface area (Å²) >= 11 is 0. The third kappa shape index (κ3) is 6.01. The molecule has 224 valence electrons. The van der Waals surface area contributed by atoms with Crippen molar-refractivity contribution in [2.75, 3.05) is 19.5 Å². The average molecular weight is 584 g/mol. The van der Waals surface area contributed by atoms with Crippen molar-refractivity contribution < 1.29 is 32.6 Å². The van der Waals surface area contributed by atoms with E-state index in [4.69, 9.17) is 14.2 Å². The van der Waals surface area contributed by atoms with Crippen LogP contribution in [0.15, 0.2) is 35.1 Å². The highest BCUT2D eigenvalue weighted by atomic mass is 19.1. The maximum Gasteiger partial charge on any atom is 0.328 e. The van der Waals surface area contributed by atoms with Crippen LogP contribution in [0.1, 0.15) is 53.0 Å². The van der Waals surface area contributed by atoms with E-state index >= 15 is 0 Å².